The van der Waals surface area contributed by atoms with E-state index >= 15 is 0 Å². The van der Waals surface area contributed by atoms with E-state index in [0.29, 0.717) is 12.1 Å². The second kappa shape index (κ2) is 5.31. The first-order valence-electron chi connectivity index (χ1n) is 6.77. The van der Waals surface area contributed by atoms with E-state index in [1.807, 2.05) is 0 Å². The molecule has 0 heterocycles. The van der Waals surface area contributed by atoms with Crippen molar-refractivity contribution in [2.75, 3.05) is 0 Å². The van der Waals surface area contributed by atoms with Gasteiger partial charge < -0.3 is 11.1 Å². The van der Waals surface area contributed by atoms with Crippen molar-refractivity contribution in [1.82, 2.24) is 5.32 Å². The summed E-state index contributed by atoms with van der Waals surface area (Å²) in [6.45, 7) is 2.41. The molecule has 2 fully saturated rings. The molecule has 0 radical (unpaired) electrons. The van der Waals surface area contributed by atoms with Gasteiger partial charge in [0.15, 0.2) is 0 Å². The number of hydrogen-bond acceptors (Lipinski definition) is 2. The minimum absolute atomic E-state index is 0.462. The minimum Gasteiger partial charge on any atom is -0.328 e. The zero-order valence-corrected chi connectivity index (χ0v) is 10.0. The molecule has 2 aliphatic rings. The maximum absolute atomic E-state index is 5.96. The van der Waals surface area contributed by atoms with Gasteiger partial charge in [-0.25, -0.2) is 0 Å². The highest BCUT2D eigenvalue weighted by Gasteiger charge is 2.26. The number of rotatable bonds is 2. The molecule has 15 heavy (non-hydrogen) atoms. The Labute approximate surface area is 94.0 Å². The zero-order chi connectivity index (χ0) is 10.7. The van der Waals surface area contributed by atoms with Gasteiger partial charge in [0.2, 0.25) is 0 Å². The molecule has 2 rings (SSSR count). The van der Waals surface area contributed by atoms with Crippen LogP contribution in [0, 0.1) is 5.92 Å². The van der Waals surface area contributed by atoms with Crippen LogP contribution in [0.15, 0.2) is 0 Å². The topological polar surface area (TPSA) is 38.0 Å². The standard InChI is InChI=1S/C13H26N2/c1-10-5-3-2-4-6-13(10)15-12-8-7-11(14)9-12/h10-13,15H,2-9,14H2,1H3. The highest BCUT2D eigenvalue weighted by molar-refractivity contribution is 4.87. The highest BCUT2D eigenvalue weighted by Crippen LogP contribution is 2.26. The lowest BCUT2D eigenvalue weighted by Crippen LogP contribution is -2.41. The molecule has 3 N–H and O–H groups in total. The van der Waals surface area contributed by atoms with Crippen LogP contribution in [-0.2, 0) is 0 Å². The highest BCUT2D eigenvalue weighted by atomic mass is 15.0. The van der Waals surface area contributed by atoms with E-state index < -0.39 is 0 Å². The third kappa shape index (κ3) is 3.18. The Kier molecular flexibility index (Phi) is 4.04. The van der Waals surface area contributed by atoms with Gasteiger partial charge in [0.1, 0.15) is 0 Å². The van der Waals surface area contributed by atoms with Gasteiger partial charge in [-0.2, -0.15) is 0 Å². The summed E-state index contributed by atoms with van der Waals surface area (Å²) >= 11 is 0. The average molecular weight is 210 g/mol. The summed E-state index contributed by atoms with van der Waals surface area (Å²) in [4.78, 5) is 0. The van der Waals surface area contributed by atoms with Crippen molar-refractivity contribution in [2.45, 2.75) is 76.4 Å². The molecule has 0 aromatic rings. The first kappa shape index (κ1) is 11.4. The van der Waals surface area contributed by atoms with Gasteiger partial charge in [-0.15, -0.1) is 0 Å². The van der Waals surface area contributed by atoms with Crippen LogP contribution >= 0.6 is 0 Å². The van der Waals surface area contributed by atoms with Gasteiger partial charge >= 0.3 is 0 Å². The Bertz CT molecular complexity index is 193. The Morgan fingerprint density at radius 1 is 1.00 bits per heavy atom. The van der Waals surface area contributed by atoms with Gasteiger partial charge in [0, 0.05) is 18.1 Å². The summed E-state index contributed by atoms with van der Waals surface area (Å²) in [5.74, 6) is 0.865. The summed E-state index contributed by atoms with van der Waals surface area (Å²) in [5, 5.41) is 3.86. The van der Waals surface area contributed by atoms with Crippen molar-refractivity contribution >= 4 is 0 Å². The Morgan fingerprint density at radius 3 is 2.53 bits per heavy atom. The van der Waals surface area contributed by atoms with Crippen molar-refractivity contribution in [3.8, 4) is 0 Å². The predicted octanol–water partition coefficient (Wildman–Crippen LogP) is 2.42. The lowest BCUT2D eigenvalue weighted by atomic mass is 9.96. The summed E-state index contributed by atoms with van der Waals surface area (Å²) in [5.41, 5.74) is 5.96. The fourth-order valence-corrected chi connectivity index (χ4v) is 3.21. The average Bonchev–Trinajstić information content (AvgIpc) is 2.50. The first-order valence-corrected chi connectivity index (χ1v) is 6.77. The molecule has 2 nitrogen and oxygen atoms in total. The number of nitrogens with one attached hydrogen (secondary N) is 1. The van der Waals surface area contributed by atoms with E-state index in [1.165, 1.54) is 51.4 Å². The van der Waals surface area contributed by atoms with Crippen LogP contribution in [0.3, 0.4) is 0 Å². The summed E-state index contributed by atoms with van der Waals surface area (Å²) in [7, 11) is 0. The van der Waals surface area contributed by atoms with Crippen LogP contribution in [-0.4, -0.2) is 18.1 Å². The molecule has 4 atom stereocenters. The summed E-state index contributed by atoms with van der Waals surface area (Å²) in [6, 6.07) is 1.94. The van der Waals surface area contributed by atoms with Crippen molar-refractivity contribution in [3.05, 3.63) is 0 Å². The second-order valence-electron chi connectivity index (χ2n) is 5.66. The maximum Gasteiger partial charge on any atom is 0.00952 e. The SMILES string of the molecule is CC1CCCCCC1NC1CCC(N)C1. The molecular weight excluding hydrogens is 184 g/mol. The molecule has 0 bridgehead atoms. The lowest BCUT2D eigenvalue weighted by Gasteiger charge is -2.26. The van der Waals surface area contributed by atoms with E-state index in [-0.39, 0.29) is 0 Å². The molecule has 2 heteroatoms. The Balaban J connectivity index is 1.81. The van der Waals surface area contributed by atoms with Crippen LogP contribution in [0.1, 0.15) is 58.3 Å². The van der Waals surface area contributed by atoms with E-state index in [2.05, 4.69) is 12.2 Å². The molecule has 0 aromatic heterocycles. The van der Waals surface area contributed by atoms with E-state index in [1.54, 1.807) is 0 Å². The zero-order valence-electron chi connectivity index (χ0n) is 10.0. The fraction of sp³-hybridized carbons (Fsp3) is 1.00. The maximum atomic E-state index is 5.96. The van der Waals surface area contributed by atoms with E-state index in [4.69, 9.17) is 5.73 Å². The summed E-state index contributed by atoms with van der Waals surface area (Å²) < 4.78 is 0. The molecule has 2 saturated carbocycles. The van der Waals surface area contributed by atoms with Crippen LogP contribution in [0.5, 0.6) is 0 Å². The molecule has 2 aliphatic carbocycles. The molecule has 0 aliphatic heterocycles. The van der Waals surface area contributed by atoms with Crippen LogP contribution in [0.2, 0.25) is 0 Å². The van der Waals surface area contributed by atoms with Crippen LogP contribution < -0.4 is 11.1 Å². The number of hydrogen-bond donors (Lipinski definition) is 2. The van der Waals surface area contributed by atoms with Gasteiger partial charge in [-0.1, -0.05) is 26.2 Å². The Hall–Kier alpha value is -0.0800. The van der Waals surface area contributed by atoms with Gasteiger partial charge in [0.05, 0.1) is 0 Å². The first-order chi connectivity index (χ1) is 7.25. The van der Waals surface area contributed by atoms with E-state index in [0.717, 1.165) is 12.0 Å². The third-order valence-electron chi connectivity index (χ3n) is 4.28. The van der Waals surface area contributed by atoms with Gasteiger partial charge in [0.25, 0.3) is 0 Å². The minimum atomic E-state index is 0.462. The predicted molar refractivity (Wildman–Crippen MR) is 64.8 cm³/mol. The van der Waals surface area contributed by atoms with Gasteiger partial charge in [-0.05, 0) is 38.0 Å². The molecule has 0 amide bonds. The molecular formula is C13H26N2. The van der Waals surface area contributed by atoms with Crippen molar-refractivity contribution < 1.29 is 0 Å². The fourth-order valence-electron chi connectivity index (χ4n) is 3.21. The Morgan fingerprint density at radius 2 is 1.80 bits per heavy atom. The van der Waals surface area contributed by atoms with Crippen molar-refractivity contribution in [3.63, 3.8) is 0 Å². The largest absolute Gasteiger partial charge is 0.328 e. The smallest absolute Gasteiger partial charge is 0.00952 e. The third-order valence-corrected chi connectivity index (χ3v) is 4.28. The van der Waals surface area contributed by atoms with Crippen molar-refractivity contribution in [2.24, 2.45) is 11.7 Å². The quantitative estimate of drug-likeness (QED) is 0.687. The van der Waals surface area contributed by atoms with Crippen LogP contribution in [0.25, 0.3) is 0 Å². The molecule has 0 spiro atoms. The van der Waals surface area contributed by atoms with Crippen molar-refractivity contribution in [1.29, 1.82) is 0 Å². The van der Waals surface area contributed by atoms with Gasteiger partial charge in [-0.3, -0.25) is 0 Å². The molecule has 0 saturated heterocycles. The normalized spacial score (nSPS) is 42.8. The summed E-state index contributed by atoms with van der Waals surface area (Å²) in [6.07, 6.45) is 10.8. The van der Waals surface area contributed by atoms with Crippen LogP contribution in [0.4, 0.5) is 0 Å². The second-order valence-corrected chi connectivity index (χ2v) is 5.66. The van der Waals surface area contributed by atoms with E-state index in [9.17, 15) is 0 Å². The lowest BCUT2D eigenvalue weighted by molar-refractivity contribution is 0.320. The molecule has 4 unspecified atom stereocenters. The molecule has 0 aromatic carbocycles. The monoisotopic (exact) mass is 210 g/mol. The molecule has 88 valence electrons. The number of nitrogens with two attached hydrogens (primary N) is 1.